The Morgan fingerprint density at radius 1 is 1.53 bits per heavy atom. The fraction of sp³-hybridized carbons (Fsp3) is 0.917. The molecule has 17 heavy (non-hydrogen) atoms. The molecule has 0 saturated carbocycles. The van der Waals surface area contributed by atoms with E-state index in [-0.39, 0.29) is 18.0 Å². The summed E-state index contributed by atoms with van der Waals surface area (Å²) in [4.78, 5) is 15.4. The van der Waals surface area contributed by atoms with Crippen LogP contribution in [0.25, 0.3) is 0 Å². The third kappa shape index (κ3) is 3.94. The number of rotatable bonds is 5. The number of piperazine rings is 1. The van der Waals surface area contributed by atoms with Gasteiger partial charge in [-0.15, -0.1) is 0 Å². The van der Waals surface area contributed by atoms with E-state index >= 15 is 0 Å². The first-order valence-electron chi connectivity index (χ1n) is 6.03. The molecule has 0 aliphatic carbocycles. The molecule has 1 saturated heterocycles. The predicted molar refractivity (Wildman–Crippen MR) is 66.2 cm³/mol. The van der Waals surface area contributed by atoms with Gasteiger partial charge in [0.25, 0.3) is 0 Å². The molecule has 0 spiro atoms. The van der Waals surface area contributed by atoms with Crippen LogP contribution in [0.15, 0.2) is 0 Å². The number of likely N-dealkylation sites (N-methyl/N-ethyl adjacent to an activating group) is 1. The van der Waals surface area contributed by atoms with E-state index in [1.165, 1.54) is 0 Å². The highest BCUT2D eigenvalue weighted by Gasteiger charge is 2.39. The van der Waals surface area contributed by atoms with Crippen LogP contribution >= 0.6 is 0 Å². The van der Waals surface area contributed by atoms with Gasteiger partial charge in [-0.3, -0.25) is 9.69 Å². The van der Waals surface area contributed by atoms with Crippen LogP contribution in [-0.2, 0) is 9.53 Å². The van der Waals surface area contributed by atoms with Crippen LogP contribution in [0.5, 0.6) is 0 Å². The summed E-state index contributed by atoms with van der Waals surface area (Å²) in [7, 11) is 3.72. The molecule has 0 radical (unpaired) electrons. The number of aliphatic carboxylic acids is 1. The van der Waals surface area contributed by atoms with Crippen molar-refractivity contribution in [1.82, 2.24) is 9.80 Å². The van der Waals surface area contributed by atoms with Gasteiger partial charge < -0.3 is 14.7 Å². The van der Waals surface area contributed by atoms with Crippen molar-refractivity contribution in [2.75, 3.05) is 40.4 Å². The Kier molecular flexibility index (Phi) is 4.91. The van der Waals surface area contributed by atoms with Crippen LogP contribution in [0, 0.1) is 0 Å². The van der Waals surface area contributed by atoms with E-state index in [0.717, 1.165) is 19.6 Å². The molecule has 5 heteroatoms. The summed E-state index contributed by atoms with van der Waals surface area (Å²) in [5.41, 5.74) is -0.00829. The second-order valence-corrected chi connectivity index (χ2v) is 5.45. The molecule has 1 atom stereocenters. The molecule has 1 aliphatic heterocycles. The van der Waals surface area contributed by atoms with Crippen LogP contribution in [0.4, 0.5) is 0 Å². The SMILES string of the molecule is COCCN1C(CC(=O)O)CN(C)CC1(C)C. The van der Waals surface area contributed by atoms with Gasteiger partial charge in [-0.2, -0.15) is 0 Å². The number of carboxylic acid groups (broad SMARTS) is 1. The van der Waals surface area contributed by atoms with Crippen molar-refractivity contribution in [2.45, 2.75) is 31.8 Å². The third-order valence-electron chi connectivity index (χ3n) is 3.34. The lowest BCUT2D eigenvalue weighted by atomic mass is 9.93. The second kappa shape index (κ2) is 5.80. The summed E-state index contributed by atoms with van der Waals surface area (Å²) in [5, 5.41) is 8.99. The predicted octanol–water partition coefficient (Wildman–Crippen LogP) is 0.502. The lowest BCUT2D eigenvalue weighted by Crippen LogP contribution is -2.64. The normalized spacial score (nSPS) is 26.0. The van der Waals surface area contributed by atoms with Crippen molar-refractivity contribution >= 4 is 5.97 Å². The zero-order chi connectivity index (χ0) is 13.1. The topological polar surface area (TPSA) is 53.0 Å². The number of ether oxygens (including phenoxy) is 1. The van der Waals surface area contributed by atoms with Gasteiger partial charge >= 0.3 is 5.97 Å². The zero-order valence-electron chi connectivity index (χ0n) is 11.3. The molecule has 0 aromatic carbocycles. The van der Waals surface area contributed by atoms with E-state index in [4.69, 9.17) is 9.84 Å². The van der Waals surface area contributed by atoms with Crippen molar-refractivity contribution in [2.24, 2.45) is 0 Å². The largest absolute Gasteiger partial charge is 0.481 e. The molecule has 0 bridgehead atoms. The Bertz CT molecular complexity index is 268. The highest BCUT2D eigenvalue weighted by Crippen LogP contribution is 2.25. The van der Waals surface area contributed by atoms with Gasteiger partial charge in [-0.05, 0) is 20.9 Å². The summed E-state index contributed by atoms with van der Waals surface area (Å²) in [6.07, 6.45) is 0.192. The van der Waals surface area contributed by atoms with Gasteiger partial charge in [-0.25, -0.2) is 0 Å². The summed E-state index contributed by atoms with van der Waals surface area (Å²) < 4.78 is 5.12. The fourth-order valence-electron chi connectivity index (χ4n) is 2.82. The first kappa shape index (κ1) is 14.4. The van der Waals surface area contributed by atoms with Crippen molar-refractivity contribution in [3.05, 3.63) is 0 Å². The fourth-order valence-corrected chi connectivity index (χ4v) is 2.82. The number of hydrogen-bond acceptors (Lipinski definition) is 4. The van der Waals surface area contributed by atoms with E-state index in [1.807, 2.05) is 7.05 Å². The van der Waals surface area contributed by atoms with Gasteiger partial charge in [0.2, 0.25) is 0 Å². The van der Waals surface area contributed by atoms with Crippen molar-refractivity contribution in [1.29, 1.82) is 0 Å². The summed E-state index contributed by atoms with van der Waals surface area (Å²) >= 11 is 0. The minimum absolute atomic E-state index is 0.00829. The standard InChI is InChI=1S/C12H24N2O3/c1-12(2)9-13(3)8-10(7-11(15)16)14(12)5-6-17-4/h10H,5-9H2,1-4H3,(H,15,16). The molecule has 0 aromatic rings. The average molecular weight is 244 g/mol. The Labute approximate surface area is 103 Å². The van der Waals surface area contributed by atoms with Crippen LogP contribution in [0.3, 0.4) is 0 Å². The van der Waals surface area contributed by atoms with Gasteiger partial charge in [0.1, 0.15) is 0 Å². The van der Waals surface area contributed by atoms with Crippen LogP contribution in [-0.4, -0.2) is 72.9 Å². The monoisotopic (exact) mass is 244 g/mol. The lowest BCUT2D eigenvalue weighted by molar-refractivity contribution is -0.140. The number of nitrogens with zero attached hydrogens (tertiary/aromatic N) is 2. The summed E-state index contributed by atoms with van der Waals surface area (Å²) in [6.45, 7) is 7.51. The second-order valence-electron chi connectivity index (χ2n) is 5.45. The lowest BCUT2D eigenvalue weighted by Gasteiger charge is -2.50. The molecule has 1 heterocycles. The van der Waals surface area contributed by atoms with Crippen molar-refractivity contribution in [3.63, 3.8) is 0 Å². The molecule has 100 valence electrons. The summed E-state index contributed by atoms with van der Waals surface area (Å²) in [5.74, 6) is -0.733. The quantitative estimate of drug-likeness (QED) is 0.763. The van der Waals surface area contributed by atoms with E-state index in [9.17, 15) is 4.79 Å². The Hall–Kier alpha value is -0.650. The molecule has 1 aliphatic rings. The maximum absolute atomic E-state index is 10.9. The average Bonchev–Trinajstić information content (AvgIpc) is 2.13. The summed E-state index contributed by atoms with van der Waals surface area (Å²) in [6, 6.07) is 0.0661. The van der Waals surface area contributed by atoms with E-state index in [0.29, 0.717) is 6.61 Å². The molecular weight excluding hydrogens is 220 g/mol. The van der Waals surface area contributed by atoms with Crippen LogP contribution < -0.4 is 0 Å². The smallest absolute Gasteiger partial charge is 0.304 e. The molecule has 1 fully saturated rings. The van der Waals surface area contributed by atoms with Crippen LogP contribution in [0.2, 0.25) is 0 Å². The molecule has 1 N–H and O–H groups in total. The number of methoxy groups -OCH3 is 1. The Morgan fingerprint density at radius 2 is 2.18 bits per heavy atom. The van der Waals surface area contributed by atoms with Gasteiger partial charge in [0.15, 0.2) is 0 Å². The molecule has 5 nitrogen and oxygen atoms in total. The first-order valence-corrected chi connectivity index (χ1v) is 6.03. The van der Waals surface area contributed by atoms with E-state index < -0.39 is 5.97 Å². The van der Waals surface area contributed by atoms with E-state index in [1.54, 1.807) is 7.11 Å². The number of carbonyl (C=O) groups is 1. The molecule has 1 unspecified atom stereocenters. The minimum Gasteiger partial charge on any atom is -0.481 e. The first-order chi connectivity index (χ1) is 7.86. The maximum atomic E-state index is 10.9. The number of carboxylic acids is 1. The number of hydrogen-bond donors (Lipinski definition) is 1. The highest BCUT2D eigenvalue weighted by atomic mass is 16.5. The van der Waals surface area contributed by atoms with Crippen molar-refractivity contribution < 1.29 is 14.6 Å². The minimum atomic E-state index is -0.733. The van der Waals surface area contributed by atoms with Crippen molar-refractivity contribution in [3.8, 4) is 0 Å². The van der Waals surface area contributed by atoms with Crippen LogP contribution in [0.1, 0.15) is 20.3 Å². The van der Waals surface area contributed by atoms with Gasteiger partial charge in [0.05, 0.1) is 13.0 Å². The van der Waals surface area contributed by atoms with Gasteiger partial charge in [0, 0.05) is 38.3 Å². The highest BCUT2D eigenvalue weighted by molar-refractivity contribution is 5.67. The molecule has 0 aromatic heterocycles. The Morgan fingerprint density at radius 3 is 2.71 bits per heavy atom. The maximum Gasteiger partial charge on any atom is 0.304 e. The van der Waals surface area contributed by atoms with Gasteiger partial charge in [-0.1, -0.05) is 0 Å². The molecular formula is C12H24N2O3. The zero-order valence-corrected chi connectivity index (χ0v) is 11.3. The van der Waals surface area contributed by atoms with E-state index in [2.05, 4.69) is 23.6 Å². The molecule has 0 amide bonds. The Balaban J connectivity index is 2.76. The third-order valence-corrected chi connectivity index (χ3v) is 3.34. The molecule has 1 rings (SSSR count).